The number of urea groups is 1. The van der Waals surface area contributed by atoms with Crippen LogP contribution in [0.4, 0.5) is 20.6 Å². The molecule has 23 heavy (non-hydrogen) atoms. The molecule has 2 aromatic rings. The number of carbonyl (C=O) groups excluding carboxylic acids is 1. The number of hydrogen-bond acceptors (Lipinski definition) is 2. The van der Waals surface area contributed by atoms with Crippen LogP contribution in [0.1, 0.15) is 17.3 Å². The maximum absolute atomic E-state index is 13.0. The number of carboxylic acids is 1. The molecule has 0 saturated carbocycles. The molecule has 0 aliphatic carbocycles. The molecule has 0 aliphatic rings. The Morgan fingerprint density at radius 1 is 1.09 bits per heavy atom. The number of anilines is 2. The second-order valence-corrected chi connectivity index (χ2v) is 4.92. The second-order valence-electron chi connectivity index (χ2n) is 4.92. The van der Waals surface area contributed by atoms with Crippen molar-refractivity contribution in [2.24, 2.45) is 0 Å². The van der Waals surface area contributed by atoms with E-state index in [0.717, 1.165) is 0 Å². The highest BCUT2D eigenvalue weighted by atomic mass is 19.1. The number of carbonyl (C=O) groups is 2. The molecule has 0 bridgehead atoms. The normalized spacial score (nSPS) is 10.2. The number of hydrogen-bond donors (Lipinski definition) is 1. The van der Waals surface area contributed by atoms with Crippen molar-refractivity contribution in [3.63, 3.8) is 0 Å². The van der Waals surface area contributed by atoms with E-state index in [-0.39, 0.29) is 17.4 Å². The van der Waals surface area contributed by atoms with Crippen LogP contribution in [0.2, 0.25) is 0 Å². The summed E-state index contributed by atoms with van der Waals surface area (Å²) in [6.45, 7) is 2.16. The lowest BCUT2D eigenvalue weighted by atomic mass is 10.2. The summed E-state index contributed by atoms with van der Waals surface area (Å²) in [6, 6.07) is 11.4. The van der Waals surface area contributed by atoms with Crippen molar-refractivity contribution < 1.29 is 19.1 Å². The van der Waals surface area contributed by atoms with Crippen LogP contribution in [0.25, 0.3) is 0 Å². The zero-order valence-corrected chi connectivity index (χ0v) is 12.9. The van der Waals surface area contributed by atoms with Gasteiger partial charge in [-0.3, -0.25) is 9.80 Å². The van der Waals surface area contributed by atoms with E-state index in [1.165, 1.54) is 46.2 Å². The second kappa shape index (κ2) is 6.91. The topological polar surface area (TPSA) is 60.9 Å². The standard InChI is InChI=1S/C17H17FN2O3/c1-3-20(15-6-4-5-12(11-15)16(21)22)17(23)19(2)14-9-7-13(18)8-10-14/h4-11H,3H2,1-2H3,(H,21,22). The van der Waals surface area contributed by atoms with Crippen LogP contribution in [-0.2, 0) is 0 Å². The molecule has 0 spiro atoms. The van der Waals surface area contributed by atoms with Gasteiger partial charge in [-0.2, -0.15) is 0 Å². The first kappa shape index (κ1) is 16.5. The van der Waals surface area contributed by atoms with Gasteiger partial charge >= 0.3 is 12.0 Å². The largest absolute Gasteiger partial charge is 0.478 e. The molecule has 0 aliphatic heterocycles. The lowest BCUT2D eigenvalue weighted by molar-refractivity contribution is 0.0697. The Morgan fingerprint density at radius 3 is 2.30 bits per heavy atom. The Morgan fingerprint density at radius 2 is 1.74 bits per heavy atom. The summed E-state index contributed by atoms with van der Waals surface area (Å²) >= 11 is 0. The Balaban J connectivity index is 2.29. The quantitative estimate of drug-likeness (QED) is 0.937. The van der Waals surface area contributed by atoms with E-state index in [9.17, 15) is 14.0 Å². The first-order valence-electron chi connectivity index (χ1n) is 7.08. The van der Waals surface area contributed by atoms with E-state index in [4.69, 9.17) is 5.11 Å². The fourth-order valence-electron chi connectivity index (χ4n) is 2.19. The third-order valence-corrected chi connectivity index (χ3v) is 3.45. The molecule has 2 aromatic carbocycles. The molecule has 6 heteroatoms. The summed E-state index contributed by atoms with van der Waals surface area (Å²) in [4.78, 5) is 26.6. The van der Waals surface area contributed by atoms with Gasteiger partial charge in [0, 0.05) is 25.0 Å². The van der Waals surface area contributed by atoms with Crippen molar-refractivity contribution >= 4 is 23.4 Å². The number of rotatable bonds is 4. The maximum Gasteiger partial charge on any atom is 0.335 e. The third kappa shape index (κ3) is 3.66. The van der Waals surface area contributed by atoms with Crippen LogP contribution in [0, 0.1) is 5.82 Å². The van der Waals surface area contributed by atoms with Gasteiger partial charge in [-0.1, -0.05) is 6.07 Å². The Labute approximate surface area is 133 Å². The minimum Gasteiger partial charge on any atom is -0.478 e. The van der Waals surface area contributed by atoms with Crippen LogP contribution >= 0.6 is 0 Å². The minimum atomic E-state index is -1.05. The molecule has 2 amide bonds. The fourth-order valence-corrected chi connectivity index (χ4v) is 2.19. The van der Waals surface area contributed by atoms with Crippen molar-refractivity contribution in [3.8, 4) is 0 Å². The van der Waals surface area contributed by atoms with E-state index in [1.807, 2.05) is 0 Å². The molecular formula is C17H17FN2O3. The van der Waals surface area contributed by atoms with Gasteiger partial charge in [0.05, 0.1) is 5.56 Å². The van der Waals surface area contributed by atoms with Crippen LogP contribution < -0.4 is 9.80 Å². The molecule has 0 aromatic heterocycles. The van der Waals surface area contributed by atoms with E-state index < -0.39 is 5.97 Å². The van der Waals surface area contributed by atoms with Crippen molar-refractivity contribution in [2.75, 3.05) is 23.4 Å². The summed E-state index contributed by atoms with van der Waals surface area (Å²) < 4.78 is 13.0. The third-order valence-electron chi connectivity index (χ3n) is 3.45. The molecule has 0 saturated heterocycles. The summed E-state index contributed by atoms with van der Waals surface area (Å²) in [5.74, 6) is -1.43. The van der Waals surface area contributed by atoms with Gasteiger partial charge in [0.15, 0.2) is 0 Å². The highest BCUT2D eigenvalue weighted by Crippen LogP contribution is 2.21. The summed E-state index contributed by atoms with van der Waals surface area (Å²) in [6.07, 6.45) is 0. The van der Waals surface area contributed by atoms with E-state index >= 15 is 0 Å². The maximum atomic E-state index is 13.0. The zero-order chi connectivity index (χ0) is 17.0. The predicted octanol–water partition coefficient (Wildman–Crippen LogP) is 3.61. The minimum absolute atomic E-state index is 0.109. The van der Waals surface area contributed by atoms with Crippen molar-refractivity contribution in [1.82, 2.24) is 0 Å². The number of amides is 2. The van der Waals surface area contributed by atoms with Gasteiger partial charge in [-0.05, 0) is 49.4 Å². The molecule has 0 atom stereocenters. The van der Waals surface area contributed by atoms with Gasteiger partial charge in [0.1, 0.15) is 5.82 Å². The van der Waals surface area contributed by atoms with Crippen molar-refractivity contribution in [1.29, 1.82) is 0 Å². The molecule has 0 radical (unpaired) electrons. The average molecular weight is 316 g/mol. The first-order valence-corrected chi connectivity index (χ1v) is 7.08. The lowest BCUT2D eigenvalue weighted by Crippen LogP contribution is -2.41. The zero-order valence-electron chi connectivity index (χ0n) is 12.9. The highest BCUT2D eigenvalue weighted by Gasteiger charge is 2.20. The molecule has 0 heterocycles. The molecule has 1 N–H and O–H groups in total. The molecular weight excluding hydrogens is 299 g/mol. The van der Waals surface area contributed by atoms with Gasteiger partial charge in [0.25, 0.3) is 0 Å². The smallest absolute Gasteiger partial charge is 0.335 e. The van der Waals surface area contributed by atoms with Crippen LogP contribution in [0.3, 0.4) is 0 Å². The van der Waals surface area contributed by atoms with E-state index in [2.05, 4.69) is 0 Å². The van der Waals surface area contributed by atoms with Gasteiger partial charge < -0.3 is 5.11 Å². The Bertz CT molecular complexity index is 716. The lowest BCUT2D eigenvalue weighted by Gasteiger charge is -2.27. The molecule has 120 valence electrons. The number of nitrogens with zero attached hydrogens (tertiary/aromatic N) is 2. The number of benzene rings is 2. The predicted molar refractivity (Wildman–Crippen MR) is 86.6 cm³/mol. The molecule has 0 fully saturated rings. The summed E-state index contributed by atoms with van der Waals surface area (Å²) in [5.41, 5.74) is 1.15. The van der Waals surface area contributed by atoms with E-state index in [1.54, 1.807) is 26.1 Å². The van der Waals surface area contributed by atoms with Gasteiger partial charge in [-0.15, -0.1) is 0 Å². The van der Waals surface area contributed by atoms with Crippen LogP contribution in [0.5, 0.6) is 0 Å². The Kier molecular flexibility index (Phi) is 4.95. The first-order chi connectivity index (χ1) is 10.9. The van der Waals surface area contributed by atoms with Crippen LogP contribution in [-0.4, -0.2) is 30.7 Å². The van der Waals surface area contributed by atoms with Crippen molar-refractivity contribution in [2.45, 2.75) is 6.92 Å². The SMILES string of the molecule is CCN(C(=O)N(C)c1ccc(F)cc1)c1cccc(C(=O)O)c1. The fraction of sp³-hybridized carbons (Fsp3) is 0.176. The number of carboxylic acid groups (broad SMARTS) is 1. The van der Waals surface area contributed by atoms with Gasteiger partial charge in [-0.25, -0.2) is 14.0 Å². The summed E-state index contributed by atoms with van der Waals surface area (Å²) in [5, 5.41) is 9.07. The van der Waals surface area contributed by atoms with Crippen LogP contribution in [0.15, 0.2) is 48.5 Å². The summed E-state index contributed by atoms with van der Waals surface area (Å²) in [7, 11) is 1.58. The van der Waals surface area contributed by atoms with Gasteiger partial charge in [0.2, 0.25) is 0 Å². The Hall–Kier alpha value is -2.89. The number of aromatic carboxylic acids is 1. The monoisotopic (exact) mass is 316 g/mol. The molecule has 5 nitrogen and oxygen atoms in total. The number of halogens is 1. The molecule has 2 rings (SSSR count). The van der Waals surface area contributed by atoms with Crippen molar-refractivity contribution in [3.05, 3.63) is 59.9 Å². The molecule has 0 unspecified atom stereocenters. The van der Waals surface area contributed by atoms with E-state index in [0.29, 0.717) is 17.9 Å². The highest BCUT2D eigenvalue weighted by molar-refractivity contribution is 6.03. The average Bonchev–Trinajstić information content (AvgIpc) is 2.55.